The molecule has 28 heavy (non-hydrogen) atoms. The van der Waals surface area contributed by atoms with Crippen molar-refractivity contribution in [3.05, 3.63) is 71.3 Å². The number of nitrogens with one attached hydrogen (secondary N) is 2. The third kappa shape index (κ3) is 4.75. The van der Waals surface area contributed by atoms with E-state index in [4.69, 9.17) is 11.6 Å². The Labute approximate surface area is 167 Å². The highest BCUT2D eigenvalue weighted by Gasteiger charge is 2.16. The van der Waals surface area contributed by atoms with Gasteiger partial charge in [-0.05, 0) is 43.3 Å². The summed E-state index contributed by atoms with van der Waals surface area (Å²) in [5.41, 5.74) is 0.726. The minimum absolute atomic E-state index is 0.00151. The van der Waals surface area contributed by atoms with E-state index in [0.29, 0.717) is 10.8 Å². The van der Waals surface area contributed by atoms with Gasteiger partial charge in [0.15, 0.2) is 0 Å². The van der Waals surface area contributed by atoms with Crippen molar-refractivity contribution in [2.45, 2.75) is 11.8 Å². The molecular formula is C18H18ClN5O3S. The molecule has 3 aromatic rings. The topological polar surface area (TPSA) is 106 Å². The molecule has 0 aliphatic heterocycles. The first-order valence-electron chi connectivity index (χ1n) is 8.39. The lowest BCUT2D eigenvalue weighted by Gasteiger charge is -2.07. The first-order valence-corrected chi connectivity index (χ1v) is 10.3. The first-order chi connectivity index (χ1) is 13.4. The van der Waals surface area contributed by atoms with Crippen molar-refractivity contribution in [1.82, 2.24) is 24.8 Å². The van der Waals surface area contributed by atoms with Gasteiger partial charge >= 0.3 is 0 Å². The summed E-state index contributed by atoms with van der Waals surface area (Å²) in [6.45, 7) is 1.87. The van der Waals surface area contributed by atoms with Crippen LogP contribution in [0.25, 0.3) is 5.69 Å². The number of aryl methyl sites for hydroxylation is 1. The van der Waals surface area contributed by atoms with E-state index in [0.717, 1.165) is 5.69 Å². The van der Waals surface area contributed by atoms with Crippen molar-refractivity contribution in [3.63, 3.8) is 0 Å². The molecule has 0 unspecified atom stereocenters. The minimum atomic E-state index is -3.61. The number of hydrogen-bond acceptors (Lipinski definition) is 5. The molecule has 0 saturated heterocycles. The van der Waals surface area contributed by atoms with Gasteiger partial charge in [0, 0.05) is 18.1 Å². The van der Waals surface area contributed by atoms with Crippen LogP contribution >= 0.6 is 11.6 Å². The molecule has 0 aliphatic rings. The highest BCUT2D eigenvalue weighted by molar-refractivity contribution is 7.89. The summed E-state index contributed by atoms with van der Waals surface area (Å²) in [7, 11) is -3.61. The summed E-state index contributed by atoms with van der Waals surface area (Å²) < 4.78 is 28.2. The lowest BCUT2D eigenvalue weighted by Crippen LogP contribution is -2.35. The second-order valence-electron chi connectivity index (χ2n) is 5.84. The summed E-state index contributed by atoms with van der Waals surface area (Å²) in [6, 6.07) is 15.0. The molecule has 10 heteroatoms. The predicted molar refractivity (Wildman–Crippen MR) is 105 cm³/mol. The van der Waals surface area contributed by atoms with Crippen molar-refractivity contribution in [3.8, 4) is 5.69 Å². The van der Waals surface area contributed by atoms with Crippen molar-refractivity contribution in [1.29, 1.82) is 0 Å². The fraction of sp³-hybridized carbons (Fsp3) is 0.167. The smallest absolute Gasteiger partial charge is 0.291 e. The number of sulfonamides is 1. The van der Waals surface area contributed by atoms with Gasteiger partial charge in [-0.2, -0.15) is 0 Å². The Morgan fingerprint density at radius 3 is 2.43 bits per heavy atom. The normalized spacial score (nSPS) is 11.4. The average Bonchev–Trinajstić information content (AvgIpc) is 3.08. The molecule has 0 bridgehead atoms. The SMILES string of the molecule is Cc1nc(C(=O)NCCNS(=O)(=O)c2ccccc2)nn1-c1ccc(Cl)cc1. The highest BCUT2D eigenvalue weighted by atomic mass is 35.5. The van der Waals surface area contributed by atoms with E-state index in [2.05, 4.69) is 20.1 Å². The molecule has 0 saturated carbocycles. The van der Waals surface area contributed by atoms with Gasteiger partial charge < -0.3 is 5.32 Å². The number of hydrogen-bond donors (Lipinski definition) is 2. The number of halogens is 1. The van der Waals surface area contributed by atoms with Crippen LogP contribution in [-0.2, 0) is 10.0 Å². The maximum Gasteiger partial charge on any atom is 0.291 e. The van der Waals surface area contributed by atoms with E-state index in [-0.39, 0.29) is 23.8 Å². The standard InChI is InChI=1S/C18H18ClN5O3S/c1-13-22-17(23-24(13)15-9-7-14(19)8-10-15)18(25)20-11-12-21-28(26,27)16-5-3-2-4-6-16/h2-10,21H,11-12H2,1H3,(H,20,25). The Morgan fingerprint density at radius 1 is 1.07 bits per heavy atom. The average molecular weight is 420 g/mol. The molecule has 1 heterocycles. The predicted octanol–water partition coefficient (Wildman–Crippen LogP) is 1.94. The van der Waals surface area contributed by atoms with Gasteiger partial charge in [0.25, 0.3) is 5.91 Å². The third-order valence-corrected chi connectivity index (χ3v) is 5.53. The lowest BCUT2D eigenvalue weighted by molar-refractivity contribution is 0.0944. The van der Waals surface area contributed by atoms with Crippen molar-refractivity contribution in [2.75, 3.05) is 13.1 Å². The molecule has 0 aliphatic carbocycles. The summed E-state index contributed by atoms with van der Waals surface area (Å²) in [5, 5.41) is 7.39. The number of aromatic nitrogens is 3. The molecular weight excluding hydrogens is 402 g/mol. The fourth-order valence-corrected chi connectivity index (χ4v) is 3.62. The minimum Gasteiger partial charge on any atom is -0.348 e. The van der Waals surface area contributed by atoms with Crippen LogP contribution in [0.5, 0.6) is 0 Å². The molecule has 3 rings (SSSR count). The van der Waals surface area contributed by atoms with Crippen molar-refractivity contribution < 1.29 is 13.2 Å². The van der Waals surface area contributed by atoms with Crippen LogP contribution in [0.4, 0.5) is 0 Å². The van der Waals surface area contributed by atoms with Crippen LogP contribution in [0.1, 0.15) is 16.4 Å². The molecule has 0 atom stereocenters. The van der Waals surface area contributed by atoms with Crippen LogP contribution in [0, 0.1) is 6.92 Å². The van der Waals surface area contributed by atoms with Crippen LogP contribution < -0.4 is 10.0 Å². The zero-order valence-electron chi connectivity index (χ0n) is 15.0. The van der Waals surface area contributed by atoms with E-state index >= 15 is 0 Å². The van der Waals surface area contributed by atoms with Gasteiger partial charge in [0.2, 0.25) is 15.8 Å². The molecule has 8 nitrogen and oxygen atoms in total. The largest absolute Gasteiger partial charge is 0.348 e. The molecule has 0 radical (unpaired) electrons. The fourth-order valence-electron chi connectivity index (χ4n) is 2.44. The van der Waals surface area contributed by atoms with Gasteiger partial charge in [-0.3, -0.25) is 4.79 Å². The van der Waals surface area contributed by atoms with E-state index in [9.17, 15) is 13.2 Å². The van der Waals surface area contributed by atoms with Gasteiger partial charge in [-0.25, -0.2) is 22.8 Å². The number of amides is 1. The zero-order chi connectivity index (χ0) is 20.1. The summed E-state index contributed by atoms with van der Waals surface area (Å²) in [6.07, 6.45) is 0. The molecule has 2 N–H and O–H groups in total. The van der Waals surface area contributed by atoms with E-state index < -0.39 is 15.9 Å². The Balaban J connectivity index is 1.57. The number of nitrogens with zero attached hydrogens (tertiary/aromatic N) is 3. The van der Waals surface area contributed by atoms with Gasteiger partial charge in [0.1, 0.15) is 5.82 Å². The third-order valence-electron chi connectivity index (χ3n) is 3.80. The molecule has 0 spiro atoms. The summed E-state index contributed by atoms with van der Waals surface area (Å²) in [4.78, 5) is 16.6. The number of carbonyl (C=O) groups is 1. The summed E-state index contributed by atoms with van der Waals surface area (Å²) in [5.74, 6) is 0.0466. The number of rotatable bonds is 7. The van der Waals surface area contributed by atoms with E-state index in [1.165, 1.54) is 16.8 Å². The second kappa shape index (κ2) is 8.51. The van der Waals surface area contributed by atoms with Gasteiger partial charge in [0.05, 0.1) is 10.6 Å². The van der Waals surface area contributed by atoms with E-state index in [1.807, 2.05) is 0 Å². The molecule has 1 amide bonds. The molecule has 2 aromatic carbocycles. The van der Waals surface area contributed by atoms with Crippen molar-refractivity contribution in [2.24, 2.45) is 0 Å². The van der Waals surface area contributed by atoms with E-state index in [1.54, 1.807) is 49.4 Å². The highest BCUT2D eigenvalue weighted by Crippen LogP contribution is 2.14. The van der Waals surface area contributed by atoms with Gasteiger partial charge in [-0.15, -0.1) is 5.10 Å². The molecule has 0 fully saturated rings. The van der Waals surface area contributed by atoms with Crippen LogP contribution in [0.15, 0.2) is 59.5 Å². The van der Waals surface area contributed by atoms with Crippen LogP contribution in [-0.4, -0.2) is 42.2 Å². The Hall–Kier alpha value is -2.75. The maximum absolute atomic E-state index is 12.2. The number of carbonyl (C=O) groups excluding carboxylic acids is 1. The first kappa shape index (κ1) is 20.0. The second-order valence-corrected chi connectivity index (χ2v) is 8.04. The Bertz CT molecular complexity index is 1070. The maximum atomic E-state index is 12.2. The summed E-state index contributed by atoms with van der Waals surface area (Å²) >= 11 is 5.88. The van der Waals surface area contributed by atoms with Crippen LogP contribution in [0.3, 0.4) is 0 Å². The molecule has 146 valence electrons. The monoisotopic (exact) mass is 419 g/mol. The zero-order valence-corrected chi connectivity index (χ0v) is 16.5. The Morgan fingerprint density at radius 2 is 1.75 bits per heavy atom. The van der Waals surface area contributed by atoms with Gasteiger partial charge in [-0.1, -0.05) is 29.8 Å². The lowest BCUT2D eigenvalue weighted by atomic mass is 10.3. The van der Waals surface area contributed by atoms with Crippen LogP contribution in [0.2, 0.25) is 5.02 Å². The Kier molecular flexibility index (Phi) is 6.08. The number of benzene rings is 2. The molecule has 1 aromatic heterocycles. The van der Waals surface area contributed by atoms with Crippen molar-refractivity contribution >= 4 is 27.5 Å². The quantitative estimate of drug-likeness (QED) is 0.569.